The van der Waals surface area contributed by atoms with Crippen LogP contribution in [0.1, 0.15) is 19.8 Å². The number of hydrogen-bond donors (Lipinski definition) is 6. The van der Waals surface area contributed by atoms with E-state index in [1.54, 1.807) is 5.32 Å². The first-order valence-electron chi connectivity index (χ1n) is 4.09. The molecule has 10 heteroatoms. The largest absolute Gasteiger partial charge is 0.381 e. The van der Waals surface area contributed by atoms with Gasteiger partial charge in [0.2, 0.25) is 5.02 Å². The third-order valence-corrected chi connectivity index (χ3v) is 6.18. The maximum absolute atomic E-state index is 11.1. The van der Waals surface area contributed by atoms with Crippen molar-refractivity contribution in [2.75, 3.05) is 6.73 Å². The lowest BCUT2D eigenvalue weighted by Gasteiger charge is -2.34. The summed E-state index contributed by atoms with van der Waals surface area (Å²) >= 11 is 0. The average molecular weight is 263 g/mol. The lowest BCUT2D eigenvalue weighted by molar-refractivity contribution is 0.208. The third kappa shape index (κ3) is 3.09. The van der Waals surface area contributed by atoms with Crippen LogP contribution in [0.4, 0.5) is 0 Å². The number of aliphatic hydroxyl groups is 1. The van der Waals surface area contributed by atoms with E-state index in [1.807, 2.05) is 0 Å². The lowest BCUT2D eigenvalue weighted by Crippen LogP contribution is -2.45. The molecule has 92 valence electrons. The van der Waals surface area contributed by atoms with Crippen LogP contribution in [0.25, 0.3) is 0 Å². The van der Waals surface area contributed by atoms with Crippen molar-refractivity contribution < 1.29 is 33.8 Å². The van der Waals surface area contributed by atoms with Crippen LogP contribution in [0, 0.1) is 0 Å². The van der Waals surface area contributed by atoms with Gasteiger partial charge in [0.05, 0.1) is 6.73 Å². The average Bonchev–Trinajstić information content (AvgIpc) is 1.99. The number of rotatable bonds is 6. The molecule has 0 aliphatic carbocycles. The Bertz CT molecular complexity index is 264. The summed E-state index contributed by atoms with van der Waals surface area (Å²) in [6.07, 6.45) is -0.300. The van der Waals surface area contributed by atoms with Crippen molar-refractivity contribution in [2.24, 2.45) is 0 Å². The summed E-state index contributed by atoms with van der Waals surface area (Å²) in [4.78, 5) is 35.9. The lowest BCUT2D eigenvalue weighted by atomic mass is 10.3. The van der Waals surface area contributed by atoms with Crippen molar-refractivity contribution in [1.82, 2.24) is 5.32 Å². The van der Waals surface area contributed by atoms with Crippen molar-refractivity contribution in [1.29, 1.82) is 0 Å². The van der Waals surface area contributed by atoms with Crippen LogP contribution >= 0.6 is 15.2 Å². The van der Waals surface area contributed by atoms with E-state index in [9.17, 15) is 9.13 Å². The van der Waals surface area contributed by atoms with Gasteiger partial charge in [-0.1, -0.05) is 13.3 Å². The zero-order valence-corrected chi connectivity index (χ0v) is 9.86. The summed E-state index contributed by atoms with van der Waals surface area (Å²) in [5, 5.41) is 7.67. The van der Waals surface area contributed by atoms with Gasteiger partial charge in [-0.2, -0.15) is 0 Å². The van der Waals surface area contributed by atoms with Crippen LogP contribution in [-0.2, 0) is 9.13 Å². The van der Waals surface area contributed by atoms with E-state index < -0.39 is 33.4 Å². The SMILES string of the molecule is CCCC(NCO)(P(=O)(O)O)P(=O)(O)O. The Morgan fingerprint density at radius 1 is 1.13 bits per heavy atom. The second-order valence-corrected chi connectivity index (χ2v) is 7.05. The molecule has 0 bridgehead atoms. The summed E-state index contributed by atoms with van der Waals surface area (Å²) in [5.41, 5.74) is 0. The summed E-state index contributed by atoms with van der Waals surface area (Å²) < 4.78 is 22.2. The summed E-state index contributed by atoms with van der Waals surface area (Å²) in [7, 11) is -10.2. The smallest absolute Gasteiger partial charge is 0.357 e. The fraction of sp³-hybridized carbons (Fsp3) is 1.00. The Morgan fingerprint density at radius 3 is 1.73 bits per heavy atom. The first-order valence-corrected chi connectivity index (χ1v) is 7.32. The molecule has 0 radical (unpaired) electrons. The van der Waals surface area contributed by atoms with Crippen LogP contribution in [0.5, 0.6) is 0 Å². The predicted octanol–water partition coefficient (Wildman–Crippen LogP) is -0.665. The molecule has 0 rings (SSSR count). The second kappa shape index (κ2) is 5.03. The van der Waals surface area contributed by atoms with Crippen LogP contribution in [0.15, 0.2) is 0 Å². The molecule has 6 N–H and O–H groups in total. The highest BCUT2D eigenvalue weighted by molar-refractivity contribution is 7.72. The minimum absolute atomic E-state index is 0.142. The molecule has 15 heavy (non-hydrogen) atoms. The van der Waals surface area contributed by atoms with Crippen molar-refractivity contribution in [3.63, 3.8) is 0 Å². The van der Waals surface area contributed by atoms with Gasteiger partial charge < -0.3 is 24.7 Å². The van der Waals surface area contributed by atoms with Gasteiger partial charge >= 0.3 is 15.2 Å². The van der Waals surface area contributed by atoms with E-state index >= 15 is 0 Å². The predicted molar refractivity (Wildman–Crippen MR) is 51.9 cm³/mol. The van der Waals surface area contributed by atoms with Gasteiger partial charge in [0.15, 0.2) is 0 Å². The highest BCUT2D eigenvalue weighted by Crippen LogP contribution is 2.69. The number of nitrogens with one attached hydrogen (secondary N) is 1. The number of hydrogen-bond acceptors (Lipinski definition) is 4. The molecule has 0 heterocycles. The Hall–Kier alpha value is 0.220. The van der Waals surface area contributed by atoms with E-state index in [1.165, 1.54) is 6.92 Å². The molecule has 0 aliphatic heterocycles. The fourth-order valence-electron chi connectivity index (χ4n) is 1.23. The normalized spacial score (nSPS) is 14.3. The maximum Gasteiger partial charge on any atom is 0.357 e. The monoisotopic (exact) mass is 263 g/mol. The summed E-state index contributed by atoms with van der Waals surface area (Å²) in [6, 6.07) is 0. The molecule has 0 spiro atoms. The molecule has 0 atom stereocenters. The Morgan fingerprint density at radius 2 is 1.53 bits per heavy atom. The molecule has 0 amide bonds. The Balaban J connectivity index is 5.49. The first-order chi connectivity index (χ1) is 6.62. The van der Waals surface area contributed by atoms with Crippen LogP contribution in [-0.4, -0.2) is 36.4 Å². The molecule has 0 aliphatic rings. The molecule has 0 aromatic rings. The number of aliphatic hydroxyl groups excluding tert-OH is 1. The van der Waals surface area contributed by atoms with E-state index in [0.717, 1.165) is 0 Å². The summed E-state index contributed by atoms with van der Waals surface area (Å²) in [6.45, 7) is 0.579. The minimum atomic E-state index is -5.10. The Kier molecular flexibility index (Phi) is 5.11. The minimum Gasteiger partial charge on any atom is -0.381 e. The molecule has 0 saturated carbocycles. The van der Waals surface area contributed by atoms with E-state index in [-0.39, 0.29) is 6.42 Å². The van der Waals surface area contributed by atoms with Crippen LogP contribution < -0.4 is 5.32 Å². The van der Waals surface area contributed by atoms with Gasteiger partial charge in [-0.3, -0.25) is 14.4 Å². The van der Waals surface area contributed by atoms with Gasteiger partial charge in [0.1, 0.15) is 0 Å². The van der Waals surface area contributed by atoms with Gasteiger partial charge in [-0.15, -0.1) is 0 Å². The molecule has 0 aromatic carbocycles. The van der Waals surface area contributed by atoms with Crippen molar-refractivity contribution in [3.05, 3.63) is 0 Å². The van der Waals surface area contributed by atoms with Gasteiger partial charge in [-0.25, -0.2) is 0 Å². The molecule has 0 aromatic heterocycles. The fourth-order valence-corrected chi connectivity index (χ4v) is 4.17. The van der Waals surface area contributed by atoms with Crippen LogP contribution in [0.2, 0.25) is 0 Å². The third-order valence-electron chi connectivity index (χ3n) is 1.92. The molecule has 0 saturated heterocycles. The molecular weight excluding hydrogens is 248 g/mol. The van der Waals surface area contributed by atoms with Gasteiger partial charge in [-0.05, 0) is 6.42 Å². The topological polar surface area (TPSA) is 147 Å². The van der Waals surface area contributed by atoms with E-state index in [2.05, 4.69) is 0 Å². The molecule has 8 nitrogen and oxygen atoms in total. The zero-order valence-electron chi connectivity index (χ0n) is 8.07. The Labute approximate surface area is 86.6 Å². The van der Waals surface area contributed by atoms with Crippen molar-refractivity contribution >= 4 is 15.2 Å². The highest BCUT2D eigenvalue weighted by Gasteiger charge is 2.59. The van der Waals surface area contributed by atoms with Crippen molar-refractivity contribution in [3.8, 4) is 0 Å². The first kappa shape index (κ1) is 15.2. The zero-order chi connectivity index (χ0) is 12.3. The molecular formula is C5H15NO7P2. The van der Waals surface area contributed by atoms with Gasteiger partial charge in [0, 0.05) is 0 Å². The van der Waals surface area contributed by atoms with Gasteiger partial charge in [0.25, 0.3) is 0 Å². The molecule has 0 fully saturated rings. The van der Waals surface area contributed by atoms with Crippen LogP contribution in [0.3, 0.4) is 0 Å². The van der Waals surface area contributed by atoms with E-state index in [4.69, 9.17) is 24.7 Å². The summed E-state index contributed by atoms with van der Waals surface area (Å²) in [5.74, 6) is 0. The second-order valence-electron chi connectivity index (χ2n) is 2.99. The standard InChI is InChI=1S/C5H15NO7P2/c1-2-3-5(6-4-7,14(8,9)10)15(11,12)13/h6-7H,2-4H2,1H3,(H2,8,9,10)(H2,11,12,13). The quantitative estimate of drug-likeness (QED) is 0.273. The van der Waals surface area contributed by atoms with E-state index in [0.29, 0.717) is 0 Å². The molecule has 0 unspecified atom stereocenters. The maximum atomic E-state index is 11.1. The highest BCUT2D eigenvalue weighted by atomic mass is 31.2. The van der Waals surface area contributed by atoms with Crippen molar-refractivity contribution in [2.45, 2.75) is 24.8 Å².